The number of nitrogens with one attached hydrogen (secondary N) is 1. The van der Waals surface area contributed by atoms with Crippen LogP contribution in [0.4, 0.5) is 11.6 Å². The Labute approximate surface area is 94.3 Å². The molecule has 0 aliphatic carbocycles. The van der Waals surface area contributed by atoms with Crippen molar-refractivity contribution in [1.29, 1.82) is 0 Å². The highest BCUT2D eigenvalue weighted by molar-refractivity contribution is 5.42. The van der Waals surface area contributed by atoms with Crippen LogP contribution in [0.5, 0.6) is 0 Å². The van der Waals surface area contributed by atoms with Gasteiger partial charge in [0.1, 0.15) is 11.6 Å². The number of aromatic nitrogens is 3. The summed E-state index contributed by atoms with van der Waals surface area (Å²) in [5, 5.41) is 7.27. The number of aryl methyl sites for hydroxylation is 2. The summed E-state index contributed by atoms with van der Waals surface area (Å²) in [6, 6.07) is 3.96. The number of hydrogen-bond acceptors (Lipinski definition) is 4. The topological polar surface area (TPSA) is 68.8 Å². The molecule has 5 nitrogen and oxygen atoms in total. The number of nitrogens with two attached hydrogens (primary N) is 1. The number of hydrogen-bond donors (Lipinski definition) is 2. The maximum Gasteiger partial charge on any atom is 0.126 e. The molecule has 5 heteroatoms. The van der Waals surface area contributed by atoms with Gasteiger partial charge in [-0.15, -0.1) is 0 Å². The number of rotatable bonds is 3. The summed E-state index contributed by atoms with van der Waals surface area (Å²) in [7, 11) is 1.82. The van der Waals surface area contributed by atoms with E-state index in [1.165, 1.54) is 0 Å². The van der Waals surface area contributed by atoms with Crippen LogP contribution >= 0.6 is 0 Å². The van der Waals surface area contributed by atoms with Crippen LogP contribution < -0.4 is 11.1 Å². The van der Waals surface area contributed by atoms with Crippen molar-refractivity contribution in [1.82, 2.24) is 14.8 Å². The molecule has 0 fully saturated rings. The molecule has 0 spiro atoms. The summed E-state index contributed by atoms with van der Waals surface area (Å²) in [4.78, 5) is 4.25. The molecule has 2 aromatic rings. The lowest BCUT2D eigenvalue weighted by Crippen LogP contribution is -2.04. The van der Waals surface area contributed by atoms with Gasteiger partial charge in [-0.1, -0.05) is 6.07 Å². The highest BCUT2D eigenvalue weighted by Gasteiger charge is 2.03. The Morgan fingerprint density at radius 1 is 1.38 bits per heavy atom. The minimum atomic E-state index is 0.635. The monoisotopic (exact) mass is 217 g/mol. The van der Waals surface area contributed by atoms with E-state index in [2.05, 4.69) is 15.4 Å². The third kappa shape index (κ3) is 2.13. The first-order valence-electron chi connectivity index (χ1n) is 5.09. The fourth-order valence-electron chi connectivity index (χ4n) is 1.39. The standard InChI is InChI=1S/C11H15N5/c1-8-3-4-10(13-5-8)14-6-9-7-15-16(2)11(9)12/h3-5,7H,6,12H2,1-2H3,(H,13,14). The van der Waals surface area contributed by atoms with Crippen LogP contribution in [0.3, 0.4) is 0 Å². The van der Waals surface area contributed by atoms with Crippen LogP contribution in [0.2, 0.25) is 0 Å². The summed E-state index contributed by atoms with van der Waals surface area (Å²) >= 11 is 0. The third-order valence-corrected chi connectivity index (χ3v) is 2.44. The quantitative estimate of drug-likeness (QED) is 0.813. The molecule has 0 atom stereocenters. The molecule has 0 aliphatic heterocycles. The number of nitrogen functional groups attached to an aromatic ring is 1. The predicted molar refractivity (Wildman–Crippen MR) is 63.9 cm³/mol. The molecule has 84 valence electrons. The number of nitrogens with zero attached hydrogens (tertiary/aromatic N) is 3. The second-order valence-corrected chi connectivity index (χ2v) is 3.75. The zero-order chi connectivity index (χ0) is 11.5. The lowest BCUT2D eigenvalue weighted by molar-refractivity contribution is 0.778. The van der Waals surface area contributed by atoms with Crippen LogP contribution in [0.1, 0.15) is 11.1 Å². The van der Waals surface area contributed by atoms with Crippen molar-refractivity contribution >= 4 is 11.6 Å². The molecule has 2 rings (SSSR count). The summed E-state index contributed by atoms with van der Waals surface area (Å²) < 4.78 is 1.65. The van der Waals surface area contributed by atoms with Crippen LogP contribution in [0.15, 0.2) is 24.5 Å². The van der Waals surface area contributed by atoms with Crippen molar-refractivity contribution in [2.75, 3.05) is 11.1 Å². The number of anilines is 2. The minimum Gasteiger partial charge on any atom is -0.384 e. The van der Waals surface area contributed by atoms with E-state index < -0.39 is 0 Å². The molecular weight excluding hydrogens is 202 g/mol. The van der Waals surface area contributed by atoms with E-state index in [4.69, 9.17) is 5.73 Å². The average Bonchev–Trinajstić information content (AvgIpc) is 2.60. The summed E-state index contributed by atoms with van der Waals surface area (Å²) in [6.07, 6.45) is 3.59. The van der Waals surface area contributed by atoms with E-state index in [0.717, 1.165) is 16.9 Å². The van der Waals surface area contributed by atoms with Gasteiger partial charge in [0.2, 0.25) is 0 Å². The van der Waals surface area contributed by atoms with E-state index in [0.29, 0.717) is 12.4 Å². The van der Waals surface area contributed by atoms with E-state index in [1.807, 2.05) is 32.3 Å². The Morgan fingerprint density at radius 3 is 2.75 bits per heavy atom. The number of pyridine rings is 1. The first-order chi connectivity index (χ1) is 7.66. The van der Waals surface area contributed by atoms with Gasteiger partial charge in [0.05, 0.1) is 6.20 Å². The third-order valence-electron chi connectivity index (χ3n) is 2.44. The Bertz CT molecular complexity index is 472. The maximum absolute atomic E-state index is 5.83. The van der Waals surface area contributed by atoms with Gasteiger partial charge < -0.3 is 11.1 Å². The van der Waals surface area contributed by atoms with Crippen LogP contribution in [0.25, 0.3) is 0 Å². The normalized spacial score (nSPS) is 10.4. The van der Waals surface area contributed by atoms with Gasteiger partial charge in [-0.05, 0) is 18.6 Å². The molecule has 0 saturated heterocycles. The molecule has 3 N–H and O–H groups in total. The summed E-state index contributed by atoms with van der Waals surface area (Å²) in [5.41, 5.74) is 7.95. The fourth-order valence-corrected chi connectivity index (χ4v) is 1.39. The Hall–Kier alpha value is -2.04. The highest BCUT2D eigenvalue weighted by Crippen LogP contribution is 2.11. The van der Waals surface area contributed by atoms with E-state index >= 15 is 0 Å². The van der Waals surface area contributed by atoms with Crippen molar-refractivity contribution < 1.29 is 0 Å². The van der Waals surface area contributed by atoms with Gasteiger partial charge in [0, 0.05) is 25.4 Å². The molecule has 0 amide bonds. The molecule has 16 heavy (non-hydrogen) atoms. The lowest BCUT2D eigenvalue weighted by Gasteiger charge is -2.05. The predicted octanol–water partition coefficient (Wildman–Crippen LogP) is 1.32. The molecule has 2 aromatic heterocycles. The Kier molecular flexibility index (Phi) is 2.76. The molecular formula is C11H15N5. The van der Waals surface area contributed by atoms with E-state index in [1.54, 1.807) is 10.9 Å². The van der Waals surface area contributed by atoms with E-state index in [9.17, 15) is 0 Å². The first kappa shape index (κ1) is 10.5. The summed E-state index contributed by atoms with van der Waals surface area (Å²) in [5.74, 6) is 1.52. The zero-order valence-corrected chi connectivity index (χ0v) is 9.44. The second-order valence-electron chi connectivity index (χ2n) is 3.75. The highest BCUT2D eigenvalue weighted by atomic mass is 15.3. The van der Waals surface area contributed by atoms with Gasteiger partial charge in [-0.25, -0.2) is 4.98 Å². The first-order valence-corrected chi connectivity index (χ1v) is 5.09. The Morgan fingerprint density at radius 2 is 2.19 bits per heavy atom. The minimum absolute atomic E-state index is 0.635. The van der Waals surface area contributed by atoms with E-state index in [-0.39, 0.29) is 0 Å². The van der Waals surface area contributed by atoms with Gasteiger partial charge in [-0.3, -0.25) is 4.68 Å². The molecule has 0 radical (unpaired) electrons. The smallest absolute Gasteiger partial charge is 0.126 e. The summed E-state index contributed by atoms with van der Waals surface area (Å²) in [6.45, 7) is 2.64. The fraction of sp³-hybridized carbons (Fsp3) is 0.273. The van der Waals surface area contributed by atoms with Gasteiger partial charge in [0.25, 0.3) is 0 Å². The van der Waals surface area contributed by atoms with Crippen LogP contribution in [0, 0.1) is 6.92 Å². The van der Waals surface area contributed by atoms with Crippen LogP contribution in [-0.2, 0) is 13.6 Å². The SMILES string of the molecule is Cc1ccc(NCc2cnn(C)c2N)nc1. The molecule has 0 aliphatic rings. The van der Waals surface area contributed by atoms with Gasteiger partial charge >= 0.3 is 0 Å². The molecule has 0 saturated carbocycles. The van der Waals surface area contributed by atoms with Crippen molar-refractivity contribution in [3.63, 3.8) is 0 Å². The Balaban J connectivity index is 2.02. The van der Waals surface area contributed by atoms with Crippen molar-refractivity contribution in [3.05, 3.63) is 35.7 Å². The molecule has 0 unspecified atom stereocenters. The largest absolute Gasteiger partial charge is 0.384 e. The zero-order valence-electron chi connectivity index (χ0n) is 9.44. The average molecular weight is 217 g/mol. The van der Waals surface area contributed by atoms with Crippen molar-refractivity contribution in [2.24, 2.45) is 7.05 Å². The molecule has 0 bridgehead atoms. The maximum atomic E-state index is 5.83. The van der Waals surface area contributed by atoms with Crippen molar-refractivity contribution in [3.8, 4) is 0 Å². The second kappa shape index (κ2) is 4.22. The van der Waals surface area contributed by atoms with Crippen LogP contribution in [-0.4, -0.2) is 14.8 Å². The van der Waals surface area contributed by atoms with Gasteiger partial charge in [-0.2, -0.15) is 5.10 Å². The van der Waals surface area contributed by atoms with Gasteiger partial charge in [0.15, 0.2) is 0 Å². The molecule has 2 heterocycles. The lowest BCUT2D eigenvalue weighted by atomic mass is 10.3. The molecule has 0 aromatic carbocycles. The van der Waals surface area contributed by atoms with Crippen molar-refractivity contribution in [2.45, 2.75) is 13.5 Å².